The highest BCUT2D eigenvalue weighted by molar-refractivity contribution is 5.90. The van der Waals surface area contributed by atoms with Crippen LogP contribution < -0.4 is 19.5 Å². The minimum absolute atomic E-state index is 0.0376. The lowest BCUT2D eigenvalue weighted by atomic mass is 10.1. The van der Waals surface area contributed by atoms with Crippen LogP contribution in [0.15, 0.2) is 72.8 Å². The van der Waals surface area contributed by atoms with Gasteiger partial charge in [-0.2, -0.15) is 0 Å². The summed E-state index contributed by atoms with van der Waals surface area (Å²) in [6.07, 6.45) is 1.03. The van der Waals surface area contributed by atoms with Crippen LogP contribution in [0, 0.1) is 0 Å². The van der Waals surface area contributed by atoms with E-state index in [1.807, 2.05) is 72.8 Å². The van der Waals surface area contributed by atoms with E-state index in [1.54, 1.807) is 0 Å². The van der Waals surface area contributed by atoms with Crippen LogP contribution >= 0.6 is 0 Å². The SMILES string of the molecule is O=C(CCc1ccc2c(c1)OCO2)Nc1ccc(Oc2ccccc2)cc1. The number of nitrogens with one attached hydrogen (secondary N) is 1. The van der Waals surface area contributed by atoms with E-state index in [-0.39, 0.29) is 12.7 Å². The monoisotopic (exact) mass is 361 g/mol. The van der Waals surface area contributed by atoms with Crippen molar-refractivity contribution in [3.8, 4) is 23.0 Å². The molecule has 3 aromatic rings. The van der Waals surface area contributed by atoms with Gasteiger partial charge in [0.25, 0.3) is 0 Å². The third kappa shape index (κ3) is 4.39. The van der Waals surface area contributed by atoms with Crippen LogP contribution in [0.4, 0.5) is 5.69 Å². The van der Waals surface area contributed by atoms with Crippen molar-refractivity contribution in [3.05, 3.63) is 78.4 Å². The number of ether oxygens (including phenoxy) is 3. The first-order valence-electron chi connectivity index (χ1n) is 8.78. The Morgan fingerprint density at radius 3 is 2.44 bits per heavy atom. The number of carbonyl (C=O) groups is 1. The molecule has 0 unspecified atom stereocenters. The largest absolute Gasteiger partial charge is 0.457 e. The molecular formula is C22H19NO4. The average Bonchev–Trinajstić information content (AvgIpc) is 3.17. The zero-order valence-corrected chi connectivity index (χ0v) is 14.7. The van der Waals surface area contributed by atoms with E-state index in [9.17, 15) is 4.79 Å². The van der Waals surface area contributed by atoms with Crippen molar-refractivity contribution in [1.82, 2.24) is 0 Å². The molecular weight excluding hydrogens is 342 g/mol. The highest BCUT2D eigenvalue weighted by atomic mass is 16.7. The quantitative estimate of drug-likeness (QED) is 0.686. The number of anilines is 1. The van der Waals surface area contributed by atoms with Crippen LogP contribution in [0.1, 0.15) is 12.0 Å². The van der Waals surface area contributed by atoms with Crippen molar-refractivity contribution in [3.63, 3.8) is 0 Å². The molecule has 0 atom stereocenters. The summed E-state index contributed by atoms with van der Waals surface area (Å²) in [6.45, 7) is 0.253. The fraction of sp³-hybridized carbons (Fsp3) is 0.136. The van der Waals surface area contributed by atoms with Crippen molar-refractivity contribution in [2.24, 2.45) is 0 Å². The first kappa shape index (κ1) is 17.0. The lowest BCUT2D eigenvalue weighted by Crippen LogP contribution is -2.12. The number of rotatable bonds is 6. The van der Waals surface area contributed by atoms with Gasteiger partial charge >= 0.3 is 0 Å². The molecule has 0 fully saturated rings. The molecule has 5 heteroatoms. The molecule has 0 radical (unpaired) electrons. The van der Waals surface area contributed by atoms with Gasteiger partial charge in [-0.1, -0.05) is 24.3 Å². The summed E-state index contributed by atoms with van der Waals surface area (Å²) in [5.74, 6) is 2.95. The molecule has 0 saturated carbocycles. The third-order valence-electron chi connectivity index (χ3n) is 4.19. The predicted octanol–water partition coefficient (Wildman–Crippen LogP) is 4.78. The van der Waals surface area contributed by atoms with E-state index in [0.29, 0.717) is 12.8 Å². The molecule has 1 aliphatic rings. The Bertz CT molecular complexity index is 923. The molecule has 1 N–H and O–H groups in total. The van der Waals surface area contributed by atoms with Gasteiger partial charge in [0.15, 0.2) is 11.5 Å². The first-order chi connectivity index (χ1) is 13.3. The van der Waals surface area contributed by atoms with Gasteiger partial charge in [0.2, 0.25) is 12.7 Å². The summed E-state index contributed by atoms with van der Waals surface area (Å²) >= 11 is 0. The van der Waals surface area contributed by atoms with Gasteiger partial charge in [0.05, 0.1) is 0 Å². The average molecular weight is 361 g/mol. The minimum atomic E-state index is -0.0376. The van der Waals surface area contributed by atoms with Gasteiger partial charge in [0, 0.05) is 12.1 Å². The van der Waals surface area contributed by atoms with Crippen molar-refractivity contribution in [2.75, 3.05) is 12.1 Å². The highest BCUT2D eigenvalue weighted by Crippen LogP contribution is 2.32. The Balaban J connectivity index is 1.29. The number of carbonyl (C=O) groups excluding carboxylic acids is 1. The molecule has 1 heterocycles. The van der Waals surface area contributed by atoms with Crippen molar-refractivity contribution in [1.29, 1.82) is 0 Å². The fourth-order valence-corrected chi connectivity index (χ4v) is 2.81. The summed E-state index contributed by atoms with van der Waals surface area (Å²) in [7, 11) is 0. The van der Waals surface area contributed by atoms with Gasteiger partial charge in [-0.3, -0.25) is 4.79 Å². The molecule has 0 saturated heterocycles. The maximum atomic E-state index is 12.2. The van der Waals surface area contributed by atoms with Crippen LogP contribution in [0.5, 0.6) is 23.0 Å². The molecule has 0 spiro atoms. The topological polar surface area (TPSA) is 56.8 Å². The van der Waals surface area contributed by atoms with E-state index < -0.39 is 0 Å². The summed E-state index contributed by atoms with van der Waals surface area (Å²) in [4.78, 5) is 12.2. The smallest absolute Gasteiger partial charge is 0.231 e. The summed E-state index contributed by atoms with van der Waals surface area (Å²) in [6, 6.07) is 22.7. The van der Waals surface area contributed by atoms with E-state index in [2.05, 4.69) is 5.32 Å². The van der Waals surface area contributed by atoms with Gasteiger partial charge in [-0.15, -0.1) is 0 Å². The lowest BCUT2D eigenvalue weighted by Gasteiger charge is -2.08. The second-order valence-electron chi connectivity index (χ2n) is 6.18. The summed E-state index contributed by atoms with van der Waals surface area (Å²) < 4.78 is 16.4. The normalized spacial score (nSPS) is 11.9. The summed E-state index contributed by atoms with van der Waals surface area (Å²) in [5, 5.41) is 2.91. The number of amides is 1. The second kappa shape index (κ2) is 7.83. The number of benzene rings is 3. The first-order valence-corrected chi connectivity index (χ1v) is 8.78. The number of fused-ring (bicyclic) bond motifs is 1. The molecule has 1 aliphatic heterocycles. The maximum absolute atomic E-state index is 12.2. The highest BCUT2D eigenvalue weighted by Gasteiger charge is 2.13. The standard InChI is InChI=1S/C22H19NO4/c24-22(13-7-16-6-12-20-21(14-16)26-15-25-20)23-17-8-10-19(11-9-17)27-18-4-2-1-3-5-18/h1-6,8-12,14H,7,13,15H2,(H,23,24). The van der Waals surface area contributed by atoms with Crippen LogP contribution in [0.2, 0.25) is 0 Å². The lowest BCUT2D eigenvalue weighted by molar-refractivity contribution is -0.116. The second-order valence-corrected chi connectivity index (χ2v) is 6.18. The van der Waals surface area contributed by atoms with E-state index >= 15 is 0 Å². The van der Waals surface area contributed by atoms with Crippen LogP contribution in [-0.4, -0.2) is 12.7 Å². The molecule has 136 valence electrons. The molecule has 4 rings (SSSR count). The van der Waals surface area contributed by atoms with E-state index in [4.69, 9.17) is 14.2 Å². The van der Waals surface area contributed by atoms with Gasteiger partial charge < -0.3 is 19.5 Å². The molecule has 3 aromatic carbocycles. The third-order valence-corrected chi connectivity index (χ3v) is 4.19. The van der Waals surface area contributed by atoms with Crippen LogP contribution in [0.3, 0.4) is 0 Å². The molecule has 1 amide bonds. The van der Waals surface area contributed by atoms with Gasteiger partial charge in [0.1, 0.15) is 11.5 Å². The number of aryl methyl sites for hydroxylation is 1. The predicted molar refractivity (Wildman–Crippen MR) is 102 cm³/mol. The Kier molecular flexibility index (Phi) is 4.92. The molecule has 0 aromatic heterocycles. The van der Waals surface area contributed by atoms with Crippen molar-refractivity contribution in [2.45, 2.75) is 12.8 Å². The van der Waals surface area contributed by atoms with E-state index in [0.717, 1.165) is 34.2 Å². The number of hydrogen-bond donors (Lipinski definition) is 1. The molecule has 27 heavy (non-hydrogen) atoms. The van der Waals surface area contributed by atoms with Gasteiger partial charge in [-0.25, -0.2) is 0 Å². The zero-order valence-electron chi connectivity index (χ0n) is 14.7. The molecule has 0 bridgehead atoms. The van der Waals surface area contributed by atoms with Crippen LogP contribution in [0.25, 0.3) is 0 Å². The zero-order chi connectivity index (χ0) is 18.5. The number of para-hydroxylation sites is 1. The van der Waals surface area contributed by atoms with Crippen molar-refractivity contribution < 1.29 is 19.0 Å². The van der Waals surface area contributed by atoms with Gasteiger partial charge in [-0.05, 0) is 60.5 Å². The molecule has 5 nitrogen and oxygen atoms in total. The maximum Gasteiger partial charge on any atom is 0.231 e. The Morgan fingerprint density at radius 2 is 1.63 bits per heavy atom. The van der Waals surface area contributed by atoms with Crippen molar-refractivity contribution >= 4 is 11.6 Å². The Hall–Kier alpha value is -3.47. The Labute approximate surface area is 157 Å². The van der Waals surface area contributed by atoms with E-state index in [1.165, 1.54) is 0 Å². The number of hydrogen-bond acceptors (Lipinski definition) is 4. The Morgan fingerprint density at radius 1 is 0.889 bits per heavy atom. The fourth-order valence-electron chi connectivity index (χ4n) is 2.81. The summed E-state index contributed by atoms with van der Waals surface area (Å²) in [5.41, 5.74) is 1.78. The van der Waals surface area contributed by atoms with Crippen LogP contribution in [-0.2, 0) is 11.2 Å². The minimum Gasteiger partial charge on any atom is -0.457 e. The molecule has 0 aliphatic carbocycles.